The molecule has 0 aliphatic rings. The van der Waals surface area contributed by atoms with Gasteiger partial charge in [-0.3, -0.25) is 4.72 Å². The summed E-state index contributed by atoms with van der Waals surface area (Å²) in [5.41, 5.74) is 0.252. The standard InChI is InChI=1S/C11H7BrClNO5S/c12-7-5-6(13)1-2-8(7)14-20(17,18)10-4-3-9(19-10)11(15)16/h1-5,14H,(H,15,16). The van der Waals surface area contributed by atoms with Crippen LogP contribution in [-0.2, 0) is 10.0 Å². The fourth-order valence-corrected chi connectivity index (χ4v) is 3.27. The van der Waals surface area contributed by atoms with Gasteiger partial charge in [-0.2, -0.15) is 8.42 Å². The Balaban J connectivity index is 2.33. The Morgan fingerprint density at radius 1 is 1.30 bits per heavy atom. The Morgan fingerprint density at radius 3 is 2.55 bits per heavy atom. The number of hydrogen-bond donors (Lipinski definition) is 2. The number of sulfonamides is 1. The zero-order valence-corrected chi connectivity index (χ0v) is 12.8. The molecule has 9 heteroatoms. The van der Waals surface area contributed by atoms with E-state index in [0.29, 0.717) is 9.50 Å². The number of nitrogens with one attached hydrogen (secondary N) is 1. The summed E-state index contributed by atoms with van der Waals surface area (Å²) in [4.78, 5) is 10.7. The van der Waals surface area contributed by atoms with E-state index in [0.717, 1.165) is 12.1 Å². The van der Waals surface area contributed by atoms with Gasteiger partial charge < -0.3 is 9.52 Å². The summed E-state index contributed by atoms with van der Waals surface area (Å²) in [6.45, 7) is 0. The Labute approximate surface area is 127 Å². The van der Waals surface area contributed by atoms with Crippen molar-refractivity contribution in [1.29, 1.82) is 0 Å². The molecule has 106 valence electrons. The minimum absolute atomic E-state index is 0.252. The third kappa shape index (κ3) is 3.14. The first-order chi connectivity index (χ1) is 9.29. The van der Waals surface area contributed by atoms with E-state index in [1.807, 2.05) is 0 Å². The second-order valence-corrected chi connectivity index (χ2v) is 6.56. The predicted molar refractivity (Wildman–Crippen MR) is 75.6 cm³/mol. The van der Waals surface area contributed by atoms with Gasteiger partial charge in [-0.15, -0.1) is 0 Å². The summed E-state index contributed by atoms with van der Waals surface area (Å²) < 4.78 is 31.5. The number of carboxylic acids is 1. The maximum atomic E-state index is 12.0. The molecule has 1 aromatic heterocycles. The SMILES string of the molecule is O=C(O)c1ccc(S(=O)(=O)Nc2ccc(Cl)cc2Br)o1. The van der Waals surface area contributed by atoms with Crippen LogP contribution >= 0.6 is 27.5 Å². The topological polar surface area (TPSA) is 96.6 Å². The lowest BCUT2D eigenvalue weighted by molar-refractivity contribution is 0.0656. The van der Waals surface area contributed by atoms with Crippen LogP contribution < -0.4 is 4.72 Å². The first-order valence-electron chi connectivity index (χ1n) is 5.10. The van der Waals surface area contributed by atoms with Crippen molar-refractivity contribution in [1.82, 2.24) is 0 Å². The summed E-state index contributed by atoms with van der Waals surface area (Å²) in [6.07, 6.45) is 0. The summed E-state index contributed by atoms with van der Waals surface area (Å²) >= 11 is 8.92. The Morgan fingerprint density at radius 2 is 2.00 bits per heavy atom. The van der Waals surface area contributed by atoms with Crippen molar-refractivity contribution in [3.63, 3.8) is 0 Å². The molecule has 6 nitrogen and oxygen atoms in total. The predicted octanol–water partition coefficient (Wildman–Crippen LogP) is 3.19. The van der Waals surface area contributed by atoms with Crippen molar-refractivity contribution < 1.29 is 22.7 Å². The lowest BCUT2D eigenvalue weighted by Crippen LogP contribution is -2.12. The van der Waals surface area contributed by atoms with Crippen LogP contribution in [0.2, 0.25) is 5.02 Å². The average Bonchev–Trinajstić information content (AvgIpc) is 2.83. The number of hydrogen-bond acceptors (Lipinski definition) is 4. The Hall–Kier alpha value is -1.51. The number of carbonyl (C=O) groups is 1. The van der Waals surface area contributed by atoms with Crippen LogP contribution in [0.25, 0.3) is 0 Å². The summed E-state index contributed by atoms with van der Waals surface area (Å²) in [5, 5.41) is 8.64. The Kier molecular flexibility index (Phi) is 4.07. The minimum atomic E-state index is -4.01. The van der Waals surface area contributed by atoms with Gasteiger partial charge in [-0.05, 0) is 46.3 Å². The summed E-state index contributed by atoms with van der Waals surface area (Å²) in [6, 6.07) is 6.62. The normalized spacial score (nSPS) is 11.3. The van der Waals surface area contributed by atoms with Gasteiger partial charge in [0.2, 0.25) is 10.9 Å². The monoisotopic (exact) mass is 379 g/mol. The van der Waals surface area contributed by atoms with E-state index in [1.165, 1.54) is 18.2 Å². The van der Waals surface area contributed by atoms with Gasteiger partial charge in [0.1, 0.15) is 0 Å². The van der Waals surface area contributed by atoms with Gasteiger partial charge in [0, 0.05) is 9.50 Å². The molecule has 2 rings (SSSR count). The molecule has 0 saturated heterocycles. The molecule has 0 fully saturated rings. The molecule has 1 aromatic carbocycles. The van der Waals surface area contributed by atoms with E-state index < -0.39 is 26.8 Å². The van der Waals surface area contributed by atoms with Crippen LogP contribution in [0.3, 0.4) is 0 Å². The summed E-state index contributed by atoms with van der Waals surface area (Å²) in [5.74, 6) is -1.81. The summed E-state index contributed by atoms with van der Waals surface area (Å²) in [7, 11) is -4.01. The van der Waals surface area contributed by atoms with Crippen molar-refractivity contribution in [2.45, 2.75) is 5.09 Å². The van der Waals surface area contributed by atoms with Crippen LogP contribution in [0.15, 0.2) is 44.3 Å². The maximum absolute atomic E-state index is 12.0. The van der Waals surface area contributed by atoms with Crippen LogP contribution in [0, 0.1) is 0 Å². The molecular formula is C11H7BrClNO5S. The fourth-order valence-electron chi connectivity index (χ4n) is 1.35. The highest BCUT2D eigenvalue weighted by Crippen LogP contribution is 2.28. The molecule has 0 aliphatic heterocycles. The van der Waals surface area contributed by atoms with Crippen molar-refractivity contribution >= 4 is 49.2 Å². The van der Waals surface area contributed by atoms with Crippen LogP contribution in [0.1, 0.15) is 10.6 Å². The molecule has 0 unspecified atom stereocenters. The van der Waals surface area contributed by atoms with Gasteiger partial charge in [0.05, 0.1) is 5.69 Å². The molecule has 0 bridgehead atoms. The van der Waals surface area contributed by atoms with Crippen molar-refractivity contribution in [2.24, 2.45) is 0 Å². The molecule has 2 N–H and O–H groups in total. The molecule has 0 aliphatic carbocycles. The molecule has 0 radical (unpaired) electrons. The average molecular weight is 381 g/mol. The number of carboxylic acid groups (broad SMARTS) is 1. The maximum Gasteiger partial charge on any atom is 0.371 e. The first-order valence-corrected chi connectivity index (χ1v) is 7.76. The zero-order valence-electron chi connectivity index (χ0n) is 9.63. The zero-order chi connectivity index (χ0) is 14.9. The lowest BCUT2D eigenvalue weighted by Gasteiger charge is -2.07. The smallest absolute Gasteiger partial charge is 0.371 e. The molecule has 0 spiro atoms. The van der Waals surface area contributed by atoms with Crippen molar-refractivity contribution in [3.8, 4) is 0 Å². The molecule has 1 heterocycles. The van der Waals surface area contributed by atoms with Crippen LogP contribution in [-0.4, -0.2) is 19.5 Å². The van der Waals surface area contributed by atoms with E-state index in [-0.39, 0.29) is 5.69 Å². The van der Waals surface area contributed by atoms with E-state index in [9.17, 15) is 13.2 Å². The fraction of sp³-hybridized carbons (Fsp3) is 0. The van der Waals surface area contributed by atoms with E-state index >= 15 is 0 Å². The number of halogens is 2. The van der Waals surface area contributed by atoms with Crippen LogP contribution in [0.5, 0.6) is 0 Å². The number of benzene rings is 1. The van der Waals surface area contributed by atoms with Gasteiger partial charge in [-0.25, -0.2) is 4.79 Å². The third-order valence-corrected chi connectivity index (χ3v) is 4.36. The van der Waals surface area contributed by atoms with Crippen molar-refractivity contribution in [2.75, 3.05) is 4.72 Å². The van der Waals surface area contributed by atoms with Crippen molar-refractivity contribution in [3.05, 3.63) is 45.6 Å². The van der Waals surface area contributed by atoms with Gasteiger partial charge in [0.25, 0.3) is 10.0 Å². The number of aromatic carboxylic acids is 1. The van der Waals surface area contributed by atoms with E-state index in [1.54, 1.807) is 0 Å². The second kappa shape index (κ2) is 5.47. The highest BCUT2D eigenvalue weighted by atomic mass is 79.9. The quantitative estimate of drug-likeness (QED) is 0.849. The molecule has 2 aromatic rings. The van der Waals surface area contributed by atoms with Crippen LogP contribution in [0.4, 0.5) is 5.69 Å². The van der Waals surface area contributed by atoms with E-state index in [4.69, 9.17) is 21.1 Å². The highest BCUT2D eigenvalue weighted by Gasteiger charge is 2.21. The molecule has 0 atom stereocenters. The lowest BCUT2D eigenvalue weighted by atomic mass is 10.3. The highest BCUT2D eigenvalue weighted by molar-refractivity contribution is 9.10. The molecule has 20 heavy (non-hydrogen) atoms. The first kappa shape index (κ1) is 14.9. The molecule has 0 saturated carbocycles. The largest absolute Gasteiger partial charge is 0.475 e. The number of furan rings is 1. The minimum Gasteiger partial charge on any atom is -0.475 e. The van der Waals surface area contributed by atoms with E-state index in [2.05, 4.69) is 20.7 Å². The van der Waals surface area contributed by atoms with Gasteiger partial charge >= 0.3 is 5.97 Å². The van der Waals surface area contributed by atoms with Gasteiger partial charge in [0.15, 0.2) is 0 Å². The number of rotatable bonds is 4. The second-order valence-electron chi connectivity index (χ2n) is 3.65. The Bertz CT molecular complexity index is 771. The molecule has 0 amide bonds. The number of anilines is 1. The molecular weight excluding hydrogens is 374 g/mol. The van der Waals surface area contributed by atoms with Gasteiger partial charge in [-0.1, -0.05) is 11.6 Å². The third-order valence-electron chi connectivity index (χ3n) is 2.23.